The fourth-order valence-electron chi connectivity index (χ4n) is 1.23. The second kappa shape index (κ2) is 6.07. The van der Waals surface area contributed by atoms with Crippen LogP contribution in [-0.4, -0.2) is 37.4 Å². The molecule has 0 bridgehead atoms. The van der Waals surface area contributed by atoms with Crippen molar-refractivity contribution in [3.05, 3.63) is 0 Å². The molecule has 0 aliphatic carbocycles. The van der Waals surface area contributed by atoms with Gasteiger partial charge in [-0.1, -0.05) is 20.8 Å². The predicted octanol–water partition coefficient (Wildman–Crippen LogP) is 0.620. The summed E-state index contributed by atoms with van der Waals surface area (Å²) in [6.45, 7) is 6.11. The largest absolute Gasteiger partial charge is 0.387 e. The molecule has 0 aliphatic rings. The van der Waals surface area contributed by atoms with E-state index >= 15 is 0 Å². The summed E-state index contributed by atoms with van der Waals surface area (Å²) in [5.41, 5.74) is 5.32. The van der Waals surface area contributed by atoms with Crippen molar-refractivity contribution in [2.75, 3.05) is 18.8 Å². The van der Waals surface area contributed by atoms with Gasteiger partial charge in [0.2, 0.25) is 10.0 Å². The van der Waals surface area contributed by atoms with Crippen molar-refractivity contribution in [2.24, 2.45) is 11.7 Å². The number of nitrogens with zero attached hydrogens (tertiary/aromatic N) is 1. The van der Waals surface area contributed by atoms with Crippen molar-refractivity contribution in [1.29, 1.82) is 5.41 Å². The molecule has 0 saturated heterocycles. The summed E-state index contributed by atoms with van der Waals surface area (Å²) in [7, 11) is -3.17. The lowest BCUT2D eigenvalue weighted by Crippen LogP contribution is -2.39. The van der Waals surface area contributed by atoms with Crippen molar-refractivity contribution in [3.63, 3.8) is 0 Å². The molecule has 6 heteroatoms. The van der Waals surface area contributed by atoms with Crippen LogP contribution in [0.1, 0.15) is 27.2 Å². The van der Waals surface area contributed by atoms with Gasteiger partial charge >= 0.3 is 0 Å². The number of hydrogen-bond donors (Lipinski definition) is 2. The fraction of sp³-hybridized carbons (Fsp3) is 0.889. The number of nitrogens with one attached hydrogen (secondary N) is 1. The van der Waals surface area contributed by atoms with Gasteiger partial charge in [0.1, 0.15) is 0 Å². The van der Waals surface area contributed by atoms with E-state index < -0.39 is 10.0 Å². The smallest absolute Gasteiger partial charge is 0.214 e. The maximum Gasteiger partial charge on any atom is 0.214 e. The van der Waals surface area contributed by atoms with Crippen LogP contribution in [-0.2, 0) is 10.0 Å². The Morgan fingerprint density at radius 3 is 2.33 bits per heavy atom. The van der Waals surface area contributed by atoms with Gasteiger partial charge in [0, 0.05) is 19.0 Å². The Morgan fingerprint density at radius 1 is 1.47 bits per heavy atom. The molecule has 0 aliphatic heterocycles. The Kier molecular flexibility index (Phi) is 5.82. The minimum atomic E-state index is -3.17. The molecule has 3 N–H and O–H groups in total. The van der Waals surface area contributed by atoms with Crippen LogP contribution in [0.2, 0.25) is 0 Å². The van der Waals surface area contributed by atoms with Crippen molar-refractivity contribution in [2.45, 2.75) is 27.2 Å². The van der Waals surface area contributed by atoms with E-state index in [4.69, 9.17) is 11.1 Å². The third-order valence-electron chi connectivity index (χ3n) is 2.22. The maximum absolute atomic E-state index is 11.7. The van der Waals surface area contributed by atoms with Gasteiger partial charge in [0.15, 0.2) is 0 Å². The van der Waals surface area contributed by atoms with Gasteiger partial charge in [0.25, 0.3) is 0 Å². The van der Waals surface area contributed by atoms with Gasteiger partial charge in [-0.25, -0.2) is 12.7 Å². The highest BCUT2D eigenvalue weighted by atomic mass is 32.2. The van der Waals surface area contributed by atoms with E-state index in [1.807, 2.05) is 6.92 Å². The number of nitrogens with two attached hydrogens (primary N) is 1. The van der Waals surface area contributed by atoms with Crippen molar-refractivity contribution in [3.8, 4) is 0 Å². The Labute approximate surface area is 92.2 Å². The molecule has 0 spiro atoms. The second-order valence-electron chi connectivity index (χ2n) is 3.62. The molecule has 0 saturated carbocycles. The lowest BCUT2D eigenvalue weighted by molar-refractivity contribution is 0.403. The first-order valence-corrected chi connectivity index (χ1v) is 6.77. The molecule has 90 valence electrons. The minimum Gasteiger partial charge on any atom is -0.387 e. The quantitative estimate of drug-likeness (QED) is 0.501. The topological polar surface area (TPSA) is 87.2 Å². The number of sulfonamides is 1. The molecule has 5 nitrogen and oxygen atoms in total. The molecule has 15 heavy (non-hydrogen) atoms. The summed E-state index contributed by atoms with van der Waals surface area (Å²) in [6, 6.07) is 0. The van der Waals surface area contributed by atoms with Gasteiger partial charge in [-0.2, -0.15) is 0 Å². The van der Waals surface area contributed by atoms with Gasteiger partial charge < -0.3 is 5.73 Å². The van der Waals surface area contributed by atoms with Crippen LogP contribution in [0.5, 0.6) is 0 Å². The molecule has 0 rings (SSSR count). The molecular formula is C9H21N3O2S. The summed E-state index contributed by atoms with van der Waals surface area (Å²) >= 11 is 0. The molecule has 0 aromatic heterocycles. The Balaban J connectivity index is 4.57. The summed E-state index contributed by atoms with van der Waals surface area (Å²) < 4.78 is 24.9. The van der Waals surface area contributed by atoms with Crippen molar-refractivity contribution < 1.29 is 8.42 Å². The Hall–Kier alpha value is -0.620. The first kappa shape index (κ1) is 14.4. The average Bonchev–Trinajstić information content (AvgIpc) is 2.12. The van der Waals surface area contributed by atoms with Gasteiger partial charge in [-0.05, 0) is 6.42 Å². The molecule has 0 aromatic rings. The monoisotopic (exact) mass is 235 g/mol. The lowest BCUT2D eigenvalue weighted by atomic mass is 10.1. The molecule has 0 aromatic carbocycles. The number of hydrogen-bond acceptors (Lipinski definition) is 3. The molecule has 1 unspecified atom stereocenters. The van der Waals surface area contributed by atoms with E-state index in [1.54, 1.807) is 13.8 Å². The van der Waals surface area contributed by atoms with E-state index in [2.05, 4.69) is 0 Å². The first-order valence-electron chi connectivity index (χ1n) is 5.16. The van der Waals surface area contributed by atoms with E-state index in [0.717, 1.165) is 0 Å². The highest BCUT2D eigenvalue weighted by molar-refractivity contribution is 7.89. The molecule has 0 radical (unpaired) electrons. The van der Waals surface area contributed by atoms with Crippen LogP contribution in [0.4, 0.5) is 0 Å². The zero-order chi connectivity index (χ0) is 12.1. The third kappa shape index (κ3) is 4.61. The lowest BCUT2D eigenvalue weighted by Gasteiger charge is -2.23. The predicted molar refractivity (Wildman–Crippen MR) is 62.4 cm³/mol. The highest BCUT2D eigenvalue weighted by Crippen LogP contribution is 2.07. The average molecular weight is 235 g/mol. The van der Waals surface area contributed by atoms with Crippen LogP contribution < -0.4 is 5.73 Å². The zero-order valence-electron chi connectivity index (χ0n) is 9.66. The molecule has 0 heterocycles. The Morgan fingerprint density at radius 2 is 2.00 bits per heavy atom. The summed E-state index contributed by atoms with van der Waals surface area (Å²) in [6.07, 6.45) is 0.604. The maximum atomic E-state index is 11.7. The minimum absolute atomic E-state index is 0.0279. The number of rotatable bonds is 7. The molecule has 1 atom stereocenters. The highest BCUT2D eigenvalue weighted by Gasteiger charge is 2.22. The summed E-state index contributed by atoms with van der Waals surface area (Å²) in [4.78, 5) is 0. The number of amidine groups is 1. The van der Waals surface area contributed by atoms with Crippen LogP contribution >= 0.6 is 0 Å². The van der Waals surface area contributed by atoms with E-state index in [9.17, 15) is 8.42 Å². The van der Waals surface area contributed by atoms with Crippen molar-refractivity contribution in [1.82, 2.24) is 4.31 Å². The van der Waals surface area contributed by atoms with Crippen LogP contribution in [0.3, 0.4) is 0 Å². The van der Waals surface area contributed by atoms with Crippen LogP contribution in [0.15, 0.2) is 0 Å². The standard InChI is InChI=1S/C9H21N3O2S/c1-4-6-15(13,14)12(5-2)7-8(3)9(10)11/h8H,4-7H2,1-3H3,(H3,10,11). The van der Waals surface area contributed by atoms with E-state index in [0.29, 0.717) is 19.5 Å². The second-order valence-corrected chi connectivity index (χ2v) is 5.71. The molecule has 0 amide bonds. The van der Waals surface area contributed by atoms with Gasteiger partial charge in [-0.3, -0.25) is 5.41 Å². The SMILES string of the molecule is CCCS(=O)(=O)N(CC)CC(C)C(=N)N. The Bertz CT molecular complexity index is 300. The third-order valence-corrected chi connectivity index (χ3v) is 4.33. The van der Waals surface area contributed by atoms with E-state index in [1.165, 1.54) is 4.31 Å². The molecular weight excluding hydrogens is 214 g/mol. The first-order chi connectivity index (χ1) is 6.85. The fourth-order valence-corrected chi connectivity index (χ4v) is 2.85. The molecule has 0 fully saturated rings. The van der Waals surface area contributed by atoms with Crippen LogP contribution in [0, 0.1) is 11.3 Å². The zero-order valence-corrected chi connectivity index (χ0v) is 10.5. The van der Waals surface area contributed by atoms with E-state index in [-0.39, 0.29) is 17.5 Å². The summed E-state index contributed by atoms with van der Waals surface area (Å²) in [5, 5.41) is 7.23. The van der Waals surface area contributed by atoms with Gasteiger partial charge in [-0.15, -0.1) is 0 Å². The summed E-state index contributed by atoms with van der Waals surface area (Å²) in [5.74, 6) is -0.0393. The normalized spacial score (nSPS) is 14.1. The van der Waals surface area contributed by atoms with Crippen molar-refractivity contribution >= 4 is 15.9 Å². The van der Waals surface area contributed by atoms with Crippen LogP contribution in [0.25, 0.3) is 0 Å². The van der Waals surface area contributed by atoms with Gasteiger partial charge in [0.05, 0.1) is 11.6 Å².